The molecule has 1 atom stereocenters. The van der Waals surface area contributed by atoms with Gasteiger partial charge in [0.1, 0.15) is 5.82 Å². The van der Waals surface area contributed by atoms with E-state index in [1.54, 1.807) is 4.90 Å². The van der Waals surface area contributed by atoms with E-state index in [0.717, 1.165) is 45.0 Å². The first-order valence-electron chi connectivity index (χ1n) is 10.2. The number of alkyl halides is 3. The molecule has 28 heavy (non-hydrogen) atoms. The molecule has 156 valence electrons. The average Bonchev–Trinajstić information content (AvgIpc) is 2.69. The number of nitrogens with one attached hydrogen (secondary N) is 1. The molecule has 3 rings (SSSR count). The van der Waals surface area contributed by atoms with Crippen molar-refractivity contribution in [1.29, 1.82) is 0 Å². The van der Waals surface area contributed by atoms with Gasteiger partial charge in [0.05, 0.1) is 11.5 Å². The van der Waals surface area contributed by atoms with Gasteiger partial charge in [-0.25, -0.2) is 4.98 Å². The van der Waals surface area contributed by atoms with Crippen molar-refractivity contribution in [3.8, 4) is 0 Å². The van der Waals surface area contributed by atoms with E-state index < -0.39 is 11.7 Å². The number of carbonyl (C=O) groups is 1. The van der Waals surface area contributed by atoms with Gasteiger partial charge in [0, 0.05) is 38.4 Å². The van der Waals surface area contributed by atoms with Crippen LogP contribution in [0.25, 0.3) is 0 Å². The summed E-state index contributed by atoms with van der Waals surface area (Å²) >= 11 is 0. The first kappa shape index (κ1) is 20.9. The van der Waals surface area contributed by atoms with Crippen molar-refractivity contribution in [2.24, 2.45) is 5.92 Å². The van der Waals surface area contributed by atoms with E-state index in [2.05, 4.69) is 22.1 Å². The molecule has 0 bridgehead atoms. The van der Waals surface area contributed by atoms with Gasteiger partial charge in [0.2, 0.25) is 5.91 Å². The number of piperidine rings is 2. The molecule has 1 aromatic heterocycles. The van der Waals surface area contributed by atoms with Crippen LogP contribution in [0.1, 0.15) is 44.6 Å². The standard InChI is InChI=1S/C20H29F3N4O/c1-2-10-26-12-7-16(8-13-26)25-19(28)15-5-4-11-27(14-15)18-17(20(21,22)23)6-3-9-24-18/h3,6,9,15-16H,2,4-5,7-8,10-14H2,1H3,(H,25,28)/t15-/m1/s1. The summed E-state index contributed by atoms with van der Waals surface area (Å²) in [5.74, 6) is -0.408. The first-order chi connectivity index (χ1) is 13.4. The number of carbonyl (C=O) groups excluding carboxylic acids is 1. The first-order valence-corrected chi connectivity index (χ1v) is 10.2. The molecule has 2 fully saturated rings. The minimum absolute atomic E-state index is 0.0388. The van der Waals surface area contributed by atoms with Crippen molar-refractivity contribution in [2.45, 2.75) is 51.2 Å². The van der Waals surface area contributed by atoms with E-state index in [9.17, 15) is 18.0 Å². The molecule has 1 N–H and O–H groups in total. The van der Waals surface area contributed by atoms with Gasteiger partial charge in [-0.1, -0.05) is 6.92 Å². The predicted octanol–water partition coefficient (Wildman–Crippen LogP) is 3.31. The molecule has 1 aromatic rings. The lowest BCUT2D eigenvalue weighted by molar-refractivity contribution is -0.137. The van der Waals surface area contributed by atoms with Crippen LogP contribution in [-0.2, 0) is 11.0 Å². The second-order valence-corrected chi connectivity index (χ2v) is 7.78. The molecule has 8 heteroatoms. The van der Waals surface area contributed by atoms with Crippen molar-refractivity contribution in [3.63, 3.8) is 0 Å². The molecule has 2 aliphatic heterocycles. The number of amides is 1. The number of nitrogens with zero attached hydrogens (tertiary/aromatic N) is 3. The third-order valence-corrected chi connectivity index (χ3v) is 5.66. The lowest BCUT2D eigenvalue weighted by Gasteiger charge is -2.36. The maximum absolute atomic E-state index is 13.3. The van der Waals surface area contributed by atoms with Crippen LogP contribution in [0.15, 0.2) is 18.3 Å². The highest BCUT2D eigenvalue weighted by molar-refractivity contribution is 5.80. The SMILES string of the molecule is CCCN1CCC(NC(=O)[C@@H]2CCCN(c3ncccc3C(F)(F)F)C2)CC1. The highest BCUT2D eigenvalue weighted by atomic mass is 19.4. The molecule has 0 aliphatic carbocycles. The summed E-state index contributed by atoms with van der Waals surface area (Å²) in [5.41, 5.74) is -0.737. The third-order valence-electron chi connectivity index (χ3n) is 5.66. The Morgan fingerprint density at radius 3 is 2.68 bits per heavy atom. The Balaban J connectivity index is 1.59. The molecule has 1 amide bonds. The molecular formula is C20H29F3N4O. The lowest BCUT2D eigenvalue weighted by atomic mass is 9.95. The van der Waals surface area contributed by atoms with E-state index in [-0.39, 0.29) is 30.2 Å². The molecule has 0 unspecified atom stereocenters. The van der Waals surface area contributed by atoms with Crippen molar-refractivity contribution in [2.75, 3.05) is 37.6 Å². The zero-order valence-electron chi connectivity index (χ0n) is 16.3. The summed E-state index contributed by atoms with van der Waals surface area (Å²) in [6.07, 6.45) is 1.29. The third kappa shape index (κ3) is 5.16. The fourth-order valence-electron chi connectivity index (χ4n) is 4.19. The van der Waals surface area contributed by atoms with Gasteiger partial charge in [0.25, 0.3) is 0 Å². The van der Waals surface area contributed by atoms with Crippen LogP contribution in [0.4, 0.5) is 19.0 Å². The van der Waals surface area contributed by atoms with E-state index in [1.807, 2.05) is 0 Å². The smallest absolute Gasteiger partial charge is 0.355 e. The molecular weight excluding hydrogens is 369 g/mol. The monoisotopic (exact) mass is 398 g/mol. The summed E-state index contributed by atoms with van der Waals surface area (Å²) in [6, 6.07) is 2.51. The fraction of sp³-hybridized carbons (Fsp3) is 0.700. The summed E-state index contributed by atoms with van der Waals surface area (Å²) in [6.45, 7) is 5.98. The molecule has 3 heterocycles. The Labute approximate surface area is 164 Å². The van der Waals surface area contributed by atoms with Crippen LogP contribution in [0.2, 0.25) is 0 Å². The summed E-state index contributed by atoms with van der Waals surface area (Å²) < 4.78 is 39.9. The highest BCUT2D eigenvalue weighted by Gasteiger charge is 2.37. The normalized spacial score (nSPS) is 22.3. The van der Waals surface area contributed by atoms with Crippen LogP contribution in [-0.4, -0.2) is 54.6 Å². The van der Waals surface area contributed by atoms with E-state index >= 15 is 0 Å². The minimum Gasteiger partial charge on any atom is -0.355 e. The van der Waals surface area contributed by atoms with Gasteiger partial charge in [-0.15, -0.1) is 0 Å². The Hall–Kier alpha value is -1.83. The van der Waals surface area contributed by atoms with Crippen molar-refractivity contribution < 1.29 is 18.0 Å². The second kappa shape index (κ2) is 9.11. The van der Waals surface area contributed by atoms with Gasteiger partial charge in [-0.05, 0) is 50.8 Å². The van der Waals surface area contributed by atoms with Gasteiger partial charge in [0.15, 0.2) is 0 Å². The van der Waals surface area contributed by atoms with Gasteiger partial charge < -0.3 is 15.1 Å². The number of hydrogen-bond donors (Lipinski definition) is 1. The maximum Gasteiger partial charge on any atom is 0.419 e. The van der Waals surface area contributed by atoms with Crippen LogP contribution in [0.5, 0.6) is 0 Å². The number of halogens is 3. The Morgan fingerprint density at radius 1 is 1.25 bits per heavy atom. The van der Waals surface area contributed by atoms with Crippen molar-refractivity contribution in [3.05, 3.63) is 23.9 Å². The van der Waals surface area contributed by atoms with Gasteiger partial charge in [-0.2, -0.15) is 13.2 Å². The van der Waals surface area contributed by atoms with Crippen LogP contribution >= 0.6 is 0 Å². The Kier molecular flexibility index (Phi) is 6.80. The molecule has 5 nitrogen and oxygen atoms in total. The number of rotatable bonds is 5. The fourth-order valence-corrected chi connectivity index (χ4v) is 4.19. The number of hydrogen-bond acceptors (Lipinski definition) is 4. The van der Waals surface area contributed by atoms with Crippen LogP contribution in [0, 0.1) is 5.92 Å². The molecule has 0 saturated carbocycles. The average molecular weight is 398 g/mol. The largest absolute Gasteiger partial charge is 0.419 e. The summed E-state index contributed by atoms with van der Waals surface area (Å²) in [4.78, 5) is 20.7. The van der Waals surface area contributed by atoms with Crippen molar-refractivity contribution in [1.82, 2.24) is 15.2 Å². The van der Waals surface area contributed by atoms with Gasteiger partial charge >= 0.3 is 6.18 Å². The van der Waals surface area contributed by atoms with Crippen LogP contribution < -0.4 is 10.2 Å². The quantitative estimate of drug-likeness (QED) is 0.827. The number of likely N-dealkylation sites (tertiary alicyclic amines) is 1. The van der Waals surface area contributed by atoms with Crippen LogP contribution in [0.3, 0.4) is 0 Å². The summed E-state index contributed by atoms with van der Waals surface area (Å²) in [7, 11) is 0. The van der Waals surface area contributed by atoms with E-state index in [4.69, 9.17) is 0 Å². The number of aromatic nitrogens is 1. The number of anilines is 1. The lowest BCUT2D eigenvalue weighted by Crippen LogP contribution is -2.49. The zero-order valence-corrected chi connectivity index (χ0v) is 16.3. The highest BCUT2D eigenvalue weighted by Crippen LogP contribution is 2.36. The molecule has 2 saturated heterocycles. The second-order valence-electron chi connectivity index (χ2n) is 7.78. The van der Waals surface area contributed by atoms with E-state index in [0.29, 0.717) is 19.4 Å². The topological polar surface area (TPSA) is 48.5 Å². The van der Waals surface area contributed by atoms with Gasteiger partial charge in [-0.3, -0.25) is 4.79 Å². The Morgan fingerprint density at radius 2 is 2.00 bits per heavy atom. The van der Waals surface area contributed by atoms with Crippen molar-refractivity contribution >= 4 is 11.7 Å². The number of pyridine rings is 1. The predicted molar refractivity (Wildman–Crippen MR) is 102 cm³/mol. The summed E-state index contributed by atoms with van der Waals surface area (Å²) in [5, 5.41) is 3.13. The molecule has 0 spiro atoms. The molecule has 2 aliphatic rings. The molecule has 0 aromatic carbocycles. The van der Waals surface area contributed by atoms with E-state index in [1.165, 1.54) is 12.3 Å². The maximum atomic E-state index is 13.3. The molecule has 0 radical (unpaired) electrons. The Bertz CT molecular complexity index is 659. The zero-order chi connectivity index (χ0) is 20.1. The minimum atomic E-state index is -4.45.